The van der Waals surface area contributed by atoms with Gasteiger partial charge in [0.25, 0.3) is 0 Å². The lowest BCUT2D eigenvalue weighted by Crippen LogP contribution is -2.33. The maximum atomic E-state index is 12.6. The normalized spacial score (nSPS) is 16.8. The summed E-state index contributed by atoms with van der Waals surface area (Å²) in [6, 6.07) is 10.8. The third kappa shape index (κ3) is 3.66. The zero-order valence-electron chi connectivity index (χ0n) is 13.0. The number of alkyl halides is 2. The van der Waals surface area contributed by atoms with Gasteiger partial charge < -0.3 is 15.0 Å². The van der Waals surface area contributed by atoms with Crippen molar-refractivity contribution in [3.05, 3.63) is 48.3 Å². The van der Waals surface area contributed by atoms with Gasteiger partial charge in [-0.3, -0.25) is 4.79 Å². The van der Waals surface area contributed by atoms with Crippen LogP contribution in [0.1, 0.15) is 12.1 Å². The molecule has 2 aromatic rings. The molecule has 8 heteroatoms. The highest BCUT2D eigenvalue weighted by atomic mass is 19.3. The predicted molar refractivity (Wildman–Crippen MR) is 86.4 cm³/mol. The first-order valence-corrected chi connectivity index (χ1v) is 7.56. The van der Waals surface area contributed by atoms with E-state index in [0.29, 0.717) is 24.3 Å². The van der Waals surface area contributed by atoms with Crippen molar-refractivity contribution in [2.75, 3.05) is 16.8 Å². The van der Waals surface area contributed by atoms with Crippen molar-refractivity contribution in [2.24, 2.45) is 0 Å². The number of hydrogen-bond donors (Lipinski definition) is 1. The van der Waals surface area contributed by atoms with Crippen LogP contribution in [0.5, 0.6) is 5.75 Å². The Labute approximate surface area is 142 Å². The molecule has 1 saturated heterocycles. The zero-order chi connectivity index (χ0) is 17.8. The standard InChI is InChI=1S/C17H14F2N4O2/c18-17(19)25-15-4-2-1-3-14(15)23-8-7-13(16(23)24)22-12-6-5-11(9-20)21-10-12/h1-6,10,13,17,22H,7-8H2/t13-/m0/s1. The van der Waals surface area contributed by atoms with E-state index in [9.17, 15) is 13.6 Å². The average Bonchev–Trinajstić information content (AvgIpc) is 2.96. The first kappa shape index (κ1) is 16.6. The number of benzene rings is 1. The van der Waals surface area contributed by atoms with Crippen LogP contribution in [0.15, 0.2) is 42.6 Å². The number of para-hydroxylation sites is 2. The minimum Gasteiger partial charge on any atom is -0.433 e. The highest BCUT2D eigenvalue weighted by molar-refractivity contribution is 6.02. The minimum absolute atomic E-state index is 0.0356. The van der Waals surface area contributed by atoms with Crippen molar-refractivity contribution in [3.8, 4) is 11.8 Å². The fourth-order valence-electron chi connectivity index (χ4n) is 2.68. The van der Waals surface area contributed by atoms with Crippen molar-refractivity contribution in [1.82, 2.24) is 4.98 Å². The Morgan fingerprint density at radius 3 is 2.80 bits per heavy atom. The molecule has 1 aliphatic rings. The van der Waals surface area contributed by atoms with Crippen LogP contribution in [-0.4, -0.2) is 30.1 Å². The number of rotatable bonds is 5. The second-order valence-corrected chi connectivity index (χ2v) is 5.37. The lowest BCUT2D eigenvalue weighted by molar-refractivity contribution is -0.117. The highest BCUT2D eigenvalue weighted by Crippen LogP contribution is 2.33. The Kier molecular flexibility index (Phi) is 4.75. The second-order valence-electron chi connectivity index (χ2n) is 5.37. The van der Waals surface area contributed by atoms with E-state index in [1.54, 1.807) is 30.3 Å². The largest absolute Gasteiger partial charge is 0.433 e. The number of aromatic nitrogens is 1. The molecule has 25 heavy (non-hydrogen) atoms. The van der Waals surface area contributed by atoms with Gasteiger partial charge in [-0.05, 0) is 30.7 Å². The maximum Gasteiger partial charge on any atom is 0.387 e. The molecule has 0 bridgehead atoms. The van der Waals surface area contributed by atoms with Crippen LogP contribution in [-0.2, 0) is 4.79 Å². The molecule has 1 aromatic carbocycles. The number of anilines is 2. The maximum absolute atomic E-state index is 12.6. The Balaban J connectivity index is 1.74. The number of nitriles is 1. The van der Waals surface area contributed by atoms with Gasteiger partial charge in [-0.1, -0.05) is 12.1 Å². The van der Waals surface area contributed by atoms with Gasteiger partial charge >= 0.3 is 6.61 Å². The third-order valence-electron chi connectivity index (χ3n) is 3.80. The summed E-state index contributed by atoms with van der Waals surface area (Å²) in [6.07, 6.45) is 1.98. The Hall–Kier alpha value is -3.21. The SMILES string of the molecule is N#Cc1ccc(N[C@H]2CCN(c3ccccc3OC(F)F)C2=O)cn1. The number of nitrogens with zero attached hydrogens (tertiary/aromatic N) is 3. The summed E-state index contributed by atoms with van der Waals surface area (Å²) in [5, 5.41) is 11.8. The summed E-state index contributed by atoms with van der Waals surface area (Å²) in [5.74, 6) is -0.277. The van der Waals surface area contributed by atoms with Crippen molar-refractivity contribution in [3.63, 3.8) is 0 Å². The summed E-state index contributed by atoms with van der Waals surface area (Å²) in [7, 11) is 0. The van der Waals surface area contributed by atoms with Crippen LogP contribution in [0.4, 0.5) is 20.2 Å². The van der Waals surface area contributed by atoms with Crippen LogP contribution in [0.3, 0.4) is 0 Å². The van der Waals surface area contributed by atoms with E-state index in [-0.39, 0.29) is 17.4 Å². The fourth-order valence-corrected chi connectivity index (χ4v) is 2.68. The molecule has 0 unspecified atom stereocenters. The number of hydrogen-bond acceptors (Lipinski definition) is 5. The molecule has 1 N–H and O–H groups in total. The number of amides is 1. The van der Waals surface area contributed by atoms with Gasteiger partial charge in [-0.2, -0.15) is 14.0 Å². The smallest absolute Gasteiger partial charge is 0.387 e. The van der Waals surface area contributed by atoms with Crippen LogP contribution < -0.4 is 15.0 Å². The fraction of sp³-hybridized carbons (Fsp3) is 0.235. The third-order valence-corrected chi connectivity index (χ3v) is 3.80. The van der Waals surface area contributed by atoms with Gasteiger partial charge in [0.2, 0.25) is 5.91 Å². The summed E-state index contributed by atoms with van der Waals surface area (Å²) in [4.78, 5) is 18.0. The Morgan fingerprint density at radius 1 is 1.32 bits per heavy atom. The molecular formula is C17H14F2N4O2. The molecule has 1 atom stereocenters. The summed E-state index contributed by atoms with van der Waals surface area (Å²) in [6.45, 7) is -2.58. The van der Waals surface area contributed by atoms with E-state index >= 15 is 0 Å². The van der Waals surface area contributed by atoms with E-state index < -0.39 is 12.7 Å². The molecule has 128 valence electrons. The molecule has 1 fully saturated rings. The lowest BCUT2D eigenvalue weighted by atomic mass is 10.2. The van der Waals surface area contributed by atoms with Crippen molar-refractivity contribution < 1.29 is 18.3 Å². The first-order chi connectivity index (χ1) is 12.1. The number of carbonyl (C=O) groups excluding carboxylic acids is 1. The van der Waals surface area contributed by atoms with Crippen LogP contribution in [0, 0.1) is 11.3 Å². The van der Waals surface area contributed by atoms with E-state index in [0.717, 1.165) is 0 Å². The Bertz CT molecular complexity index is 805. The molecule has 0 radical (unpaired) electrons. The number of pyridine rings is 1. The van der Waals surface area contributed by atoms with E-state index in [2.05, 4.69) is 15.0 Å². The molecule has 0 aliphatic carbocycles. The Morgan fingerprint density at radius 2 is 2.12 bits per heavy atom. The van der Waals surface area contributed by atoms with Crippen LogP contribution in [0.25, 0.3) is 0 Å². The predicted octanol–water partition coefficient (Wildman–Crippen LogP) is 2.77. The summed E-state index contributed by atoms with van der Waals surface area (Å²) in [5.41, 5.74) is 1.20. The number of ether oxygens (including phenoxy) is 1. The molecule has 0 saturated carbocycles. The van der Waals surface area contributed by atoms with E-state index in [4.69, 9.17) is 5.26 Å². The molecule has 1 aromatic heterocycles. The molecule has 1 amide bonds. The van der Waals surface area contributed by atoms with E-state index in [1.165, 1.54) is 17.2 Å². The quantitative estimate of drug-likeness (QED) is 0.902. The zero-order valence-corrected chi connectivity index (χ0v) is 13.0. The van der Waals surface area contributed by atoms with Gasteiger partial charge in [-0.25, -0.2) is 4.98 Å². The topological polar surface area (TPSA) is 78.3 Å². The second kappa shape index (κ2) is 7.13. The highest BCUT2D eigenvalue weighted by Gasteiger charge is 2.34. The van der Waals surface area contributed by atoms with Crippen molar-refractivity contribution in [2.45, 2.75) is 19.1 Å². The number of carbonyl (C=O) groups is 1. The van der Waals surface area contributed by atoms with Crippen LogP contribution >= 0.6 is 0 Å². The first-order valence-electron chi connectivity index (χ1n) is 7.56. The summed E-state index contributed by atoms with van der Waals surface area (Å²) >= 11 is 0. The van der Waals surface area contributed by atoms with Crippen molar-refractivity contribution in [1.29, 1.82) is 5.26 Å². The summed E-state index contributed by atoms with van der Waals surface area (Å²) < 4.78 is 29.6. The van der Waals surface area contributed by atoms with Gasteiger partial charge in [0.1, 0.15) is 23.6 Å². The van der Waals surface area contributed by atoms with E-state index in [1.807, 2.05) is 6.07 Å². The lowest BCUT2D eigenvalue weighted by Gasteiger charge is -2.20. The van der Waals surface area contributed by atoms with Gasteiger partial charge in [0, 0.05) is 6.54 Å². The molecule has 1 aliphatic heterocycles. The van der Waals surface area contributed by atoms with Crippen molar-refractivity contribution >= 4 is 17.3 Å². The monoisotopic (exact) mass is 344 g/mol. The average molecular weight is 344 g/mol. The minimum atomic E-state index is -2.96. The number of nitrogens with one attached hydrogen (secondary N) is 1. The molecule has 2 heterocycles. The van der Waals surface area contributed by atoms with Gasteiger partial charge in [0.05, 0.1) is 17.6 Å². The van der Waals surface area contributed by atoms with Gasteiger partial charge in [-0.15, -0.1) is 0 Å². The number of halogens is 2. The molecule has 0 spiro atoms. The molecular weight excluding hydrogens is 330 g/mol. The molecule has 6 nitrogen and oxygen atoms in total. The molecule has 3 rings (SSSR count). The van der Waals surface area contributed by atoms with Crippen LogP contribution in [0.2, 0.25) is 0 Å². The van der Waals surface area contributed by atoms with Gasteiger partial charge in [0.15, 0.2) is 0 Å².